The van der Waals surface area contributed by atoms with Crippen molar-refractivity contribution in [1.82, 2.24) is 19.7 Å². The van der Waals surface area contributed by atoms with Crippen molar-refractivity contribution in [3.63, 3.8) is 0 Å². The van der Waals surface area contributed by atoms with E-state index in [2.05, 4.69) is 55.5 Å². The highest BCUT2D eigenvalue weighted by molar-refractivity contribution is 9.10. The van der Waals surface area contributed by atoms with Crippen LogP contribution in [0, 0.1) is 0 Å². The standard InChI is InChI=1S/C13H15BrN4S/c1-9(2)17-7-18-12(15-16-13(18)19-8-17)10-5-3-4-6-11(10)14/h3-6,9H,7-8H2,1-2H3. The molecule has 0 N–H and O–H groups in total. The van der Waals surface area contributed by atoms with Gasteiger partial charge in [0.15, 0.2) is 11.0 Å². The van der Waals surface area contributed by atoms with E-state index in [4.69, 9.17) is 0 Å². The molecule has 1 aromatic heterocycles. The van der Waals surface area contributed by atoms with Crippen molar-refractivity contribution in [2.45, 2.75) is 31.7 Å². The van der Waals surface area contributed by atoms with Gasteiger partial charge in [-0.05, 0) is 19.9 Å². The van der Waals surface area contributed by atoms with E-state index in [1.54, 1.807) is 11.8 Å². The third-order valence-electron chi connectivity index (χ3n) is 3.24. The average molecular weight is 339 g/mol. The van der Waals surface area contributed by atoms with Crippen molar-refractivity contribution >= 4 is 27.7 Å². The van der Waals surface area contributed by atoms with Crippen LogP contribution in [-0.2, 0) is 6.67 Å². The molecule has 2 heterocycles. The van der Waals surface area contributed by atoms with Gasteiger partial charge in [0.1, 0.15) is 0 Å². The Hall–Kier alpha value is -0.850. The van der Waals surface area contributed by atoms with E-state index in [0.29, 0.717) is 6.04 Å². The summed E-state index contributed by atoms with van der Waals surface area (Å²) in [6.45, 7) is 5.28. The van der Waals surface area contributed by atoms with E-state index in [1.165, 1.54) is 0 Å². The highest BCUT2D eigenvalue weighted by Gasteiger charge is 2.24. The first-order chi connectivity index (χ1) is 9.16. The molecule has 2 aromatic rings. The lowest BCUT2D eigenvalue weighted by Crippen LogP contribution is -2.35. The summed E-state index contributed by atoms with van der Waals surface area (Å²) in [5.41, 5.74) is 1.09. The fourth-order valence-corrected chi connectivity index (χ4v) is 3.56. The first-order valence-corrected chi connectivity index (χ1v) is 7.99. The molecule has 0 saturated carbocycles. The minimum Gasteiger partial charge on any atom is -0.288 e. The number of thioether (sulfide) groups is 1. The Kier molecular flexibility index (Phi) is 3.64. The first kappa shape index (κ1) is 13.1. The van der Waals surface area contributed by atoms with Gasteiger partial charge in [-0.15, -0.1) is 10.2 Å². The molecule has 100 valence electrons. The molecule has 0 spiro atoms. The van der Waals surface area contributed by atoms with E-state index in [-0.39, 0.29) is 0 Å². The Morgan fingerprint density at radius 1 is 1.26 bits per heavy atom. The second-order valence-corrected chi connectivity index (χ2v) is 6.58. The number of hydrogen-bond donors (Lipinski definition) is 0. The molecule has 1 aliphatic rings. The summed E-state index contributed by atoms with van der Waals surface area (Å²) in [5, 5.41) is 9.66. The molecule has 3 rings (SSSR count). The summed E-state index contributed by atoms with van der Waals surface area (Å²) in [6.07, 6.45) is 0. The Morgan fingerprint density at radius 2 is 2.05 bits per heavy atom. The lowest BCUT2D eigenvalue weighted by molar-refractivity contribution is 0.193. The Balaban J connectivity index is 2.02. The highest BCUT2D eigenvalue weighted by Crippen LogP contribution is 2.32. The maximum atomic E-state index is 4.36. The molecule has 0 radical (unpaired) electrons. The van der Waals surface area contributed by atoms with Crippen LogP contribution in [0.15, 0.2) is 33.9 Å². The number of nitrogens with zero attached hydrogens (tertiary/aromatic N) is 4. The fraction of sp³-hybridized carbons (Fsp3) is 0.385. The van der Waals surface area contributed by atoms with Gasteiger partial charge in [0, 0.05) is 16.1 Å². The van der Waals surface area contributed by atoms with Crippen LogP contribution in [0.3, 0.4) is 0 Å². The van der Waals surface area contributed by atoms with Crippen molar-refractivity contribution in [3.05, 3.63) is 28.7 Å². The van der Waals surface area contributed by atoms with Gasteiger partial charge in [-0.3, -0.25) is 9.47 Å². The zero-order valence-electron chi connectivity index (χ0n) is 10.9. The van der Waals surface area contributed by atoms with Crippen LogP contribution in [0.5, 0.6) is 0 Å². The lowest BCUT2D eigenvalue weighted by atomic mass is 10.2. The Morgan fingerprint density at radius 3 is 2.79 bits per heavy atom. The van der Waals surface area contributed by atoms with E-state index in [9.17, 15) is 0 Å². The van der Waals surface area contributed by atoms with Gasteiger partial charge in [-0.2, -0.15) is 0 Å². The van der Waals surface area contributed by atoms with Gasteiger partial charge in [0.05, 0.1) is 12.5 Å². The van der Waals surface area contributed by atoms with Gasteiger partial charge in [0.2, 0.25) is 0 Å². The number of fused-ring (bicyclic) bond motifs is 1. The van der Waals surface area contributed by atoms with Gasteiger partial charge in [0.25, 0.3) is 0 Å². The molecular weight excluding hydrogens is 324 g/mol. The molecule has 0 bridgehead atoms. The minimum absolute atomic E-state index is 0.523. The van der Waals surface area contributed by atoms with Crippen molar-refractivity contribution < 1.29 is 0 Å². The number of rotatable bonds is 2. The van der Waals surface area contributed by atoms with Crippen LogP contribution in [0.1, 0.15) is 13.8 Å². The summed E-state index contributed by atoms with van der Waals surface area (Å²) in [4.78, 5) is 2.40. The maximum absolute atomic E-state index is 4.36. The maximum Gasteiger partial charge on any atom is 0.193 e. The molecular formula is C13H15BrN4S. The van der Waals surface area contributed by atoms with Gasteiger partial charge >= 0.3 is 0 Å². The lowest BCUT2D eigenvalue weighted by Gasteiger charge is -2.30. The first-order valence-electron chi connectivity index (χ1n) is 6.22. The molecule has 0 saturated heterocycles. The predicted molar refractivity (Wildman–Crippen MR) is 80.9 cm³/mol. The summed E-state index contributed by atoms with van der Waals surface area (Å²) in [5.74, 6) is 1.91. The summed E-state index contributed by atoms with van der Waals surface area (Å²) < 4.78 is 3.24. The second-order valence-electron chi connectivity index (χ2n) is 4.81. The molecule has 0 fully saturated rings. The van der Waals surface area contributed by atoms with Crippen molar-refractivity contribution in [1.29, 1.82) is 0 Å². The van der Waals surface area contributed by atoms with Gasteiger partial charge in [-0.25, -0.2) is 0 Å². The van der Waals surface area contributed by atoms with Crippen LogP contribution in [-0.4, -0.2) is 31.6 Å². The van der Waals surface area contributed by atoms with Gasteiger partial charge < -0.3 is 0 Å². The smallest absolute Gasteiger partial charge is 0.193 e. The van der Waals surface area contributed by atoms with E-state index < -0.39 is 0 Å². The molecule has 0 unspecified atom stereocenters. The zero-order valence-corrected chi connectivity index (χ0v) is 13.3. The zero-order chi connectivity index (χ0) is 13.4. The SMILES string of the molecule is CC(C)N1CSc2nnc(-c3ccccc3Br)n2C1. The quantitative estimate of drug-likeness (QED) is 0.839. The molecule has 19 heavy (non-hydrogen) atoms. The number of hydrogen-bond acceptors (Lipinski definition) is 4. The number of aromatic nitrogens is 3. The summed E-state index contributed by atoms with van der Waals surface area (Å²) >= 11 is 5.33. The van der Waals surface area contributed by atoms with E-state index in [1.807, 2.05) is 18.2 Å². The van der Waals surface area contributed by atoms with Gasteiger partial charge in [-0.1, -0.05) is 45.9 Å². The fourth-order valence-electron chi connectivity index (χ4n) is 2.04. The van der Waals surface area contributed by atoms with E-state index >= 15 is 0 Å². The number of benzene rings is 1. The predicted octanol–water partition coefficient (Wildman–Crippen LogP) is 3.44. The monoisotopic (exact) mass is 338 g/mol. The molecule has 4 nitrogen and oxygen atoms in total. The molecule has 0 amide bonds. The minimum atomic E-state index is 0.523. The topological polar surface area (TPSA) is 34.0 Å². The van der Waals surface area contributed by atoms with Crippen molar-refractivity contribution in [2.24, 2.45) is 0 Å². The van der Waals surface area contributed by atoms with Crippen LogP contribution in [0.4, 0.5) is 0 Å². The largest absolute Gasteiger partial charge is 0.288 e. The Labute approximate surface area is 125 Å². The summed E-state index contributed by atoms with van der Waals surface area (Å²) in [7, 11) is 0. The highest BCUT2D eigenvalue weighted by atomic mass is 79.9. The van der Waals surface area contributed by atoms with Crippen LogP contribution < -0.4 is 0 Å². The number of halogens is 1. The molecule has 0 aliphatic carbocycles. The second kappa shape index (κ2) is 5.26. The van der Waals surface area contributed by atoms with Crippen molar-refractivity contribution in [3.8, 4) is 11.4 Å². The third-order valence-corrected chi connectivity index (χ3v) is 4.96. The van der Waals surface area contributed by atoms with Crippen LogP contribution >= 0.6 is 27.7 Å². The van der Waals surface area contributed by atoms with Crippen molar-refractivity contribution in [2.75, 3.05) is 5.88 Å². The molecule has 0 atom stereocenters. The Bertz CT molecular complexity index is 596. The van der Waals surface area contributed by atoms with Crippen LogP contribution in [0.2, 0.25) is 0 Å². The molecule has 6 heteroatoms. The molecule has 1 aliphatic heterocycles. The average Bonchev–Trinajstić information content (AvgIpc) is 2.82. The van der Waals surface area contributed by atoms with E-state index in [0.717, 1.165) is 33.6 Å². The summed E-state index contributed by atoms with van der Waals surface area (Å²) in [6, 6.07) is 8.66. The van der Waals surface area contributed by atoms with Crippen LogP contribution in [0.25, 0.3) is 11.4 Å². The third kappa shape index (κ3) is 2.44. The normalized spacial score (nSPS) is 15.8. The molecule has 1 aromatic carbocycles.